The molecule has 1 aliphatic rings. The van der Waals surface area contributed by atoms with Gasteiger partial charge in [0.15, 0.2) is 0 Å². The largest absolute Gasteiger partial charge is 0.388 e. The van der Waals surface area contributed by atoms with Crippen LogP contribution in [0.1, 0.15) is 28.8 Å². The highest BCUT2D eigenvalue weighted by Gasteiger charge is 2.35. The number of carbonyl (C=O) groups excluding carboxylic acids is 1. The molecule has 0 bridgehead atoms. The normalized spacial score (nSPS) is 16.2. The number of likely N-dealkylation sites (tertiary alicyclic amines) is 1. The Bertz CT molecular complexity index is 1160. The molecule has 3 heterocycles. The van der Waals surface area contributed by atoms with Crippen molar-refractivity contribution in [3.05, 3.63) is 62.8 Å². The molecule has 0 spiro atoms. The third kappa shape index (κ3) is 3.89. The second-order valence-corrected chi connectivity index (χ2v) is 9.22. The smallest absolute Gasteiger partial charge is 0.262 e. The van der Waals surface area contributed by atoms with Gasteiger partial charge in [-0.15, -0.1) is 11.3 Å². The van der Waals surface area contributed by atoms with E-state index in [0.29, 0.717) is 41.7 Å². The highest BCUT2D eigenvalue weighted by atomic mass is 32.1. The zero-order valence-corrected chi connectivity index (χ0v) is 17.8. The van der Waals surface area contributed by atoms with Gasteiger partial charge >= 0.3 is 0 Å². The maximum Gasteiger partial charge on any atom is 0.262 e. The van der Waals surface area contributed by atoms with E-state index in [1.54, 1.807) is 23.1 Å². The molecule has 1 amide bonds. The molecule has 1 aromatic carbocycles. The molecule has 0 unspecified atom stereocenters. The fourth-order valence-corrected chi connectivity index (χ4v) is 4.93. The van der Waals surface area contributed by atoms with Gasteiger partial charge in [-0.3, -0.25) is 14.2 Å². The average Bonchev–Trinajstić information content (AvgIpc) is 3.01. The van der Waals surface area contributed by atoms with Crippen LogP contribution < -0.4 is 5.56 Å². The number of hydrogen-bond donors (Lipinski definition) is 1. The van der Waals surface area contributed by atoms with Crippen LogP contribution in [0.15, 0.2) is 35.4 Å². The van der Waals surface area contributed by atoms with E-state index < -0.39 is 5.60 Å². The van der Waals surface area contributed by atoms with E-state index in [4.69, 9.17) is 0 Å². The molecule has 8 heteroatoms. The van der Waals surface area contributed by atoms with Crippen molar-refractivity contribution in [3.63, 3.8) is 0 Å². The van der Waals surface area contributed by atoms with E-state index in [2.05, 4.69) is 4.98 Å². The minimum Gasteiger partial charge on any atom is -0.388 e. The highest BCUT2D eigenvalue weighted by Crippen LogP contribution is 2.27. The summed E-state index contributed by atoms with van der Waals surface area (Å²) in [5.41, 5.74) is 0.0684. The summed E-state index contributed by atoms with van der Waals surface area (Å²) < 4.78 is 15.3. The standard InChI is InChI=1S/C22H24FN3O3S/c1-14-15(2)30-20-19(14)21(28)26(13-24-20)12-22(29)7-9-25(10-8-22)18(27)11-16-5-3-4-6-17(16)23/h3-6,13,29H,7-12H2,1-2H3. The number of benzene rings is 1. The van der Waals surface area contributed by atoms with Crippen LogP contribution in [0.3, 0.4) is 0 Å². The Morgan fingerprint density at radius 2 is 1.97 bits per heavy atom. The van der Waals surface area contributed by atoms with Gasteiger partial charge in [0.05, 0.1) is 30.3 Å². The molecule has 1 fully saturated rings. The molecule has 0 atom stereocenters. The van der Waals surface area contributed by atoms with Crippen molar-refractivity contribution in [2.75, 3.05) is 13.1 Å². The first-order valence-electron chi connectivity index (χ1n) is 9.96. The van der Waals surface area contributed by atoms with Gasteiger partial charge in [-0.25, -0.2) is 9.37 Å². The van der Waals surface area contributed by atoms with E-state index in [-0.39, 0.29) is 30.2 Å². The van der Waals surface area contributed by atoms with Crippen molar-refractivity contribution in [3.8, 4) is 0 Å². The molecule has 1 saturated heterocycles. The summed E-state index contributed by atoms with van der Waals surface area (Å²) in [4.78, 5) is 33.3. The molecule has 2 aromatic heterocycles. The van der Waals surface area contributed by atoms with Crippen LogP contribution >= 0.6 is 11.3 Å². The van der Waals surface area contributed by atoms with Crippen molar-refractivity contribution >= 4 is 27.5 Å². The Morgan fingerprint density at radius 3 is 2.67 bits per heavy atom. The van der Waals surface area contributed by atoms with Crippen molar-refractivity contribution < 1.29 is 14.3 Å². The number of hydrogen-bond acceptors (Lipinski definition) is 5. The van der Waals surface area contributed by atoms with Crippen LogP contribution in [0.2, 0.25) is 0 Å². The molecular weight excluding hydrogens is 405 g/mol. The first kappa shape index (κ1) is 20.7. The number of piperidine rings is 1. The third-order valence-corrected chi connectivity index (χ3v) is 7.08. The Kier molecular flexibility index (Phi) is 5.46. The average molecular weight is 430 g/mol. The van der Waals surface area contributed by atoms with E-state index in [0.717, 1.165) is 10.4 Å². The topological polar surface area (TPSA) is 75.4 Å². The Labute approximate surface area is 177 Å². The van der Waals surface area contributed by atoms with Gasteiger partial charge in [0.2, 0.25) is 5.91 Å². The summed E-state index contributed by atoms with van der Waals surface area (Å²) in [7, 11) is 0. The van der Waals surface area contributed by atoms with Crippen molar-refractivity contribution in [2.45, 2.75) is 45.3 Å². The minimum atomic E-state index is -1.09. The van der Waals surface area contributed by atoms with Crippen LogP contribution in [-0.4, -0.2) is 44.2 Å². The van der Waals surface area contributed by atoms with E-state index >= 15 is 0 Å². The van der Waals surface area contributed by atoms with Crippen molar-refractivity contribution in [1.29, 1.82) is 0 Å². The summed E-state index contributed by atoms with van der Waals surface area (Å²) in [5.74, 6) is -0.549. The molecule has 158 valence electrons. The number of amides is 1. The Balaban J connectivity index is 1.44. The molecule has 30 heavy (non-hydrogen) atoms. The summed E-state index contributed by atoms with van der Waals surface area (Å²) in [5, 5.41) is 11.7. The van der Waals surface area contributed by atoms with Crippen LogP contribution in [0, 0.1) is 19.7 Å². The number of fused-ring (bicyclic) bond motifs is 1. The first-order chi connectivity index (χ1) is 14.3. The van der Waals surface area contributed by atoms with Crippen molar-refractivity contribution in [1.82, 2.24) is 14.5 Å². The van der Waals surface area contributed by atoms with Gasteiger partial charge in [-0.05, 0) is 43.9 Å². The van der Waals surface area contributed by atoms with E-state index in [1.165, 1.54) is 28.3 Å². The molecular formula is C22H24FN3O3S. The van der Waals surface area contributed by atoms with Crippen LogP contribution in [0.5, 0.6) is 0 Å². The third-order valence-electron chi connectivity index (χ3n) is 5.97. The number of rotatable bonds is 4. The number of aliphatic hydroxyl groups is 1. The molecule has 0 radical (unpaired) electrons. The lowest BCUT2D eigenvalue weighted by atomic mass is 9.91. The van der Waals surface area contributed by atoms with Crippen LogP contribution in [0.4, 0.5) is 4.39 Å². The summed E-state index contributed by atoms with van der Waals surface area (Å²) in [6.07, 6.45) is 2.19. The van der Waals surface area contributed by atoms with Gasteiger partial charge in [-0.1, -0.05) is 18.2 Å². The number of aryl methyl sites for hydroxylation is 2. The minimum absolute atomic E-state index is 0.00192. The van der Waals surface area contributed by atoms with Gasteiger partial charge < -0.3 is 10.0 Å². The van der Waals surface area contributed by atoms with E-state index in [1.807, 2.05) is 13.8 Å². The maximum absolute atomic E-state index is 13.8. The Morgan fingerprint density at radius 1 is 1.27 bits per heavy atom. The molecule has 1 N–H and O–H groups in total. The molecule has 0 saturated carbocycles. The molecule has 1 aliphatic heterocycles. The summed E-state index contributed by atoms with van der Waals surface area (Å²) in [6, 6.07) is 6.26. The second-order valence-electron chi connectivity index (χ2n) is 8.01. The summed E-state index contributed by atoms with van der Waals surface area (Å²) in [6.45, 7) is 4.75. The lowest BCUT2D eigenvalue weighted by Crippen LogP contribution is -2.50. The predicted molar refractivity (Wildman–Crippen MR) is 114 cm³/mol. The molecule has 0 aliphatic carbocycles. The number of nitrogens with zero attached hydrogens (tertiary/aromatic N) is 3. The lowest BCUT2D eigenvalue weighted by molar-refractivity contribution is -0.135. The SMILES string of the molecule is Cc1sc2ncn(CC3(O)CCN(C(=O)Cc4ccccc4F)CC3)c(=O)c2c1C. The number of aromatic nitrogens is 2. The lowest BCUT2D eigenvalue weighted by Gasteiger charge is -2.38. The van der Waals surface area contributed by atoms with Crippen LogP contribution in [0.25, 0.3) is 10.2 Å². The van der Waals surface area contributed by atoms with E-state index in [9.17, 15) is 19.1 Å². The van der Waals surface area contributed by atoms with Crippen LogP contribution in [-0.2, 0) is 17.8 Å². The number of halogens is 1. The predicted octanol–water partition coefficient (Wildman–Crippen LogP) is 2.81. The zero-order valence-electron chi connectivity index (χ0n) is 17.0. The Hall–Kier alpha value is -2.58. The first-order valence-corrected chi connectivity index (χ1v) is 10.8. The molecule has 6 nitrogen and oxygen atoms in total. The monoisotopic (exact) mass is 429 g/mol. The number of carbonyl (C=O) groups is 1. The molecule has 3 aromatic rings. The quantitative estimate of drug-likeness (QED) is 0.692. The highest BCUT2D eigenvalue weighted by molar-refractivity contribution is 7.18. The maximum atomic E-state index is 13.8. The number of thiophene rings is 1. The second kappa shape index (κ2) is 7.92. The van der Waals surface area contributed by atoms with Crippen molar-refractivity contribution in [2.24, 2.45) is 0 Å². The fraction of sp³-hybridized carbons (Fsp3) is 0.409. The van der Waals surface area contributed by atoms with Gasteiger partial charge in [0.1, 0.15) is 10.6 Å². The summed E-state index contributed by atoms with van der Waals surface area (Å²) >= 11 is 1.49. The molecule has 4 rings (SSSR count). The zero-order chi connectivity index (χ0) is 21.5. The van der Waals surface area contributed by atoms with Gasteiger partial charge in [-0.2, -0.15) is 0 Å². The van der Waals surface area contributed by atoms with Gasteiger partial charge in [0, 0.05) is 18.0 Å². The van der Waals surface area contributed by atoms with Gasteiger partial charge in [0.25, 0.3) is 5.56 Å². The fourth-order valence-electron chi connectivity index (χ4n) is 3.95.